The normalized spacial score (nSPS) is 31.6. The van der Waals surface area contributed by atoms with Crippen LogP contribution in [-0.2, 0) is 9.47 Å². The van der Waals surface area contributed by atoms with Crippen LogP contribution < -0.4 is 0 Å². The van der Waals surface area contributed by atoms with Crippen LogP contribution in [-0.4, -0.2) is 120 Å². The molecule has 2 fully saturated rings. The van der Waals surface area contributed by atoms with Crippen molar-refractivity contribution in [2.24, 2.45) is 0 Å². The van der Waals surface area contributed by atoms with Crippen LogP contribution in [0.15, 0.2) is 66.7 Å². The zero-order chi connectivity index (χ0) is 31.8. The molecule has 0 spiro atoms. The minimum atomic E-state index is -1.52. The van der Waals surface area contributed by atoms with Gasteiger partial charge in [-0.1, -0.05) is 54.0 Å². The van der Waals surface area contributed by atoms with Gasteiger partial charge < -0.3 is 54.9 Å². The van der Waals surface area contributed by atoms with E-state index < -0.39 is 74.3 Å². The van der Waals surface area contributed by atoms with E-state index in [4.69, 9.17) is 9.47 Å². The molecule has 8 N–H and O–H groups in total. The molecule has 11 heteroatoms. The first-order chi connectivity index (χ1) is 21.7. The van der Waals surface area contributed by atoms with Gasteiger partial charge in [-0.05, 0) is 36.4 Å². The van der Waals surface area contributed by atoms with Crippen LogP contribution in [0.5, 0.6) is 0 Å². The van der Waals surface area contributed by atoms with Crippen LogP contribution in [0.1, 0.15) is 11.1 Å². The van der Waals surface area contributed by atoms with Crippen LogP contribution in [0.2, 0.25) is 0 Å². The second-order valence-corrected chi connectivity index (χ2v) is 11.2. The summed E-state index contributed by atoms with van der Waals surface area (Å²) in [4.78, 5) is 0. The smallest absolute Gasteiger partial charge is 0.147 e. The van der Waals surface area contributed by atoms with E-state index in [9.17, 15) is 40.9 Å². The van der Waals surface area contributed by atoms with Crippen LogP contribution in [0, 0.1) is 23.7 Å². The van der Waals surface area contributed by atoms with E-state index in [1.807, 2.05) is 71.3 Å². The van der Waals surface area contributed by atoms with Gasteiger partial charge >= 0.3 is 0 Å². The summed E-state index contributed by atoms with van der Waals surface area (Å²) in [6, 6.07) is 20.9. The third-order valence-corrected chi connectivity index (χ3v) is 8.28. The van der Waals surface area contributed by atoms with Gasteiger partial charge in [0.15, 0.2) is 0 Å². The van der Waals surface area contributed by atoms with E-state index in [1.54, 1.807) is 0 Å². The molecule has 0 aliphatic carbocycles. The van der Waals surface area contributed by atoms with Crippen LogP contribution in [0.4, 0.5) is 0 Å². The molecule has 3 aromatic carbocycles. The summed E-state index contributed by atoms with van der Waals surface area (Å²) in [5.41, 5.74) is 3.73. The molecule has 0 bridgehead atoms. The van der Waals surface area contributed by atoms with Gasteiger partial charge in [0.25, 0.3) is 0 Å². The monoisotopic (exact) mass is 615 g/mol. The van der Waals surface area contributed by atoms with Crippen LogP contribution >= 0.6 is 0 Å². The van der Waals surface area contributed by atoms with Gasteiger partial charge in [-0.15, -0.1) is 0 Å². The number of ether oxygens (including phenoxy) is 2. The van der Waals surface area contributed by atoms with Crippen LogP contribution in [0.3, 0.4) is 0 Å². The highest BCUT2D eigenvalue weighted by Gasteiger charge is 2.43. The number of para-hydroxylation sites is 1. The number of nitrogens with zero attached hydrogens (tertiary/aromatic N) is 1. The van der Waals surface area contributed by atoms with E-state index in [2.05, 4.69) is 23.7 Å². The number of hydrogen-bond acceptors (Lipinski definition) is 10. The Bertz CT molecular complexity index is 1690. The Morgan fingerprint density at radius 3 is 1.42 bits per heavy atom. The lowest BCUT2D eigenvalue weighted by atomic mass is 9.95. The Hall–Kier alpha value is -3.82. The van der Waals surface area contributed by atoms with E-state index in [-0.39, 0.29) is 0 Å². The number of aliphatic hydroxyl groups excluding tert-OH is 8. The molecular formula is C34H33NO10. The minimum Gasteiger partial charge on any atom is -0.394 e. The minimum absolute atomic E-state index is 0.541. The fraction of sp³-hybridized carbons (Fsp3) is 0.353. The second kappa shape index (κ2) is 12.9. The Morgan fingerprint density at radius 2 is 1.00 bits per heavy atom. The third kappa shape index (κ3) is 5.84. The number of fused-ring (bicyclic) bond motifs is 3. The molecule has 234 valence electrons. The maximum absolute atomic E-state index is 10.4. The Kier molecular flexibility index (Phi) is 8.93. The van der Waals surface area contributed by atoms with Gasteiger partial charge in [-0.3, -0.25) is 0 Å². The number of rotatable bonds is 3. The summed E-state index contributed by atoms with van der Waals surface area (Å²) < 4.78 is 13.1. The van der Waals surface area contributed by atoms with E-state index in [0.717, 1.165) is 27.5 Å². The van der Waals surface area contributed by atoms with Crippen molar-refractivity contribution in [2.45, 2.75) is 61.0 Å². The molecule has 2 saturated heterocycles. The third-order valence-electron chi connectivity index (χ3n) is 8.28. The highest BCUT2D eigenvalue weighted by Crippen LogP contribution is 2.33. The Morgan fingerprint density at radius 1 is 0.556 bits per heavy atom. The SMILES string of the molecule is OC[C@H]1O[C@H](C#Cc2ccc3c4ccc(C#C[C@H]5O[C@H](CO)[C@@H](O)[C@H](O)[C@@H]5O)cc4n(-c4ccccc4)c3c2)[C@@H](O)[C@@H](O)[C@@H]1O. The van der Waals surface area contributed by atoms with Crippen molar-refractivity contribution in [1.29, 1.82) is 0 Å². The first-order valence-electron chi connectivity index (χ1n) is 14.5. The van der Waals surface area contributed by atoms with Crippen molar-refractivity contribution >= 4 is 21.8 Å². The summed E-state index contributed by atoms with van der Waals surface area (Å²) >= 11 is 0. The fourth-order valence-electron chi connectivity index (χ4n) is 5.78. The quantitative estimate of drug-likeness (QED) is 0.135. The molecule has 10 atom stereocenters. The summed E-state index contributed by atoms with van der Waals surface area (Å²) in [5.74, 6) is 11.6. The maximum Gasteiger partial charge on any atom is 0.147 e. The topological polar surface area (TPSA) is 185 Å². The molecule has 45 heavy (non-hydrogen) atoms. The highest BCUT2D eigenvalue weighted by molar-refractivity contribution is 6.09. The number of aromatic nitrogens is 1. The standard InChI is InChI=1S/C34H33NO10/c36-16-27-31(40)33(42)29(38)25(44-27)12-8-18-6-10-21-22-11-7-19(9-13-26-30(39)34(43)32(41)28(17-37)45-26)15-24(22)35(23(21)14-18)20-4-2-1-3-5-20/h1-7,10-11,14-15,25-34,36-43H,16-17H2/t25-,26-,27-,28-,29-,30-,31-,32-,33-,34-/m1/s1. The van der Waals surface area contributed by atoms with Gasteiger partial charge in [0.1, 0.15) is 61.0 Å². The van der Waals surface area contributed by atoms with Crippen molar-refractivity contribution in [3.8, 4) is 29.4 Å². The highest BCUT2D eigenvalue weighted by atomic mass is 16.5. The molecule has 4 aromatic rings. The predicted molar refractivity (Wildman–Crippen MR) is 162 cm³/mol. The van der Waals surface area contributed by atoms with Gasteiger partial charge in [0, 0.05) is 27.6 Å². The van der Waals surface area contributed by atoms with Gasteiger partial charge in [-0.2, -0.15) is 0 Å². The Labute approximate surface area is 258 Å². The van der Waals surface area contributed by atoms with Crippen molar-refractivity contribution in [3.05, 3.63) is 77.9 Å². The predicted octanol–water partition coefficient (Wildman–Crippen LogP) is -0.829. The lowest BCUT2D eigenvalue weighted by Crippen LogP contribution is -2.58. The van der Waals surface area contributed by atoms with Gasteiger partial charge in [-0.25, -0.2) is 0 Å². The Balaban J connectivity index is 1.39. The average molecular weight is 616 g/mol. The molecule has 0 amide bonds. The lowest BCUT2D eigenvalue weighted by molar-refractivity contribution is -0.214. The molecule has 2 aliphatic heterocycles. The van der Waals surface area contributed by atoms with Crippen molar-refractivity contribution in [1.82, 2.24) is 4.57 Å². The van der Waals surface area contributed by atoms with Gasteiger partial charge in [0.05, 0.1) is 24.2 Å². The maximum atomic E-state index is 10.4. The molecule has 11 nitrogen and oxygen atoms in total. The molecule has 6 rings (SSSR count). The lowest BCUT2D eigenvalue weighted by Gasteiger charge is -2.37. The zero-order valence-electron chi connectivity index (χ0n) is 23.9. The summed E-state index contributed by atoms with van der Waals surface area (Å²) in [5, 5.41) is 82.0. The average Bonchev–Trinajstić information content (AvgIpc) is 3.38. The van der Waals surface area contributed by atoms with Gasteiger partial charge in [0.2, 0.25) is 0 Å². The number of benzene rings is 3. The first-order valence-corrected chi connectivity index (χ1v) is 14.5. The molecular weight excluding hydrogens is 582 g/mol. The molecule has 3 heterocycles. The molecule has 1 aromatic heterocycles. The summed E-state index contributed by atoms with van der Waals surface area (Å²) in [6.45, 7) is -1.08. The molecule has 0 unspecified atom stereocenters. The second-order valence-electron chi connectivity index (χ2n) is 11.2. The van der Waals surface area contributed by atoms with Crippen molar-refractivity contribution in [2.75, 3.05) is 13.2 Å². The van der Waals surface area contributed by atoms with E-state index in [0.29, 0.717) is 11.1 Å². The fourth-order valence-corrected chi connectivity index (χ4v) is 5.78. The summed E-state index contributed by atoms with van der Waals surface area (Å²) in [6.07, 6.45) is -13.2. The van der Waals surface area contributed by atoms with E-state index >= 15 is 0 Å². The molecule has 0 saturated carbocycles. The van der Waals surface area contributed by atoms with Crippen molar-refractivity contribution < 1.29 is 50.3 Å². The molecule has 2 aliphatic rings. The van der Waals surface area contributed by atoms with Crippen LogP contribution in [0.25, 0.3) is 27.5 Å². The largest absolute Gasteiger partial charge is 0.394 e. The first kappa shape index (κ1) is 31.2. The molecule has 0 radical (unpaired) electrons. The van der Waals surface area contributed by atoms with Crippen molar-refractivity contribution in [3.63, 3.8) is 0 Å². The number of aliphatic hydroxyl groups is 8. The van der Waals surface area contributed by atoms with E-state index in [1.165, 1.54) is 0 Å². The number of hydrogen-bond donors (Lipinski definition) is 8. The zero-order valence-corrected chi connectivity index (χ0v) is 23.9. The summed E-state index contributed by atoms with van der Waals surface area (Å²) in [7, 11) is 0.